The van der Waals surface area contributed by atoms with Gasteiger partial charge in [0.2, 0.25) is 0 Å². The molecule has 0 unspecified atom stereocenters. The molecule has 0 bridgehead atoms. The highest BCUT2D eigenvalue weighted by atomic mass is 16.6. The van der Waals surface area contributed by atoms with Gasteiger partial charge in [0.05, 0.1) is 5.69 Å². The number of hydrogen-bond donors (Lipinski definition) is 1. The van der Waals surface area contributed by atoms with E-state index >= 15 is 0 Å². The first-order valence-corrected chi connectivity index (χ1v) is 7.39. The molecule has 0 saturated heterocycles. The summed E-state index contributed by atoms with van der Waals surface area (Å²) in [6.45, 7) is 8.64. The first-order valence-electron chi connectivity index (χ1n) is 7.39. The van der Waals surface area contributed by atoms with Crippen molar-refractivity contribution in [2.24, 2.45) is 5.16 Å². The number of nitrogens with one attached hydrogen (secondary N) is 1. The number of imidazole rings is 1. The van der Waals surface area contributed by atoms with Crippen LogP contribution in [-0.4, -0.2) is 22.8 Å². The Bertz CT molecular complexity index is 711. The van der Waals surface area contributed by atoms with Crippen LogP contribution in [0.2, 0.25) is 0 Å². The zero-order chi connectivity index (χ0) is 15.1. The molecule has 4 nitrogen and oxygen atoms in total. The van der Waals surface area contributed by atoms with Gasteiger partial charge in [-0.25, -0.2) is 4.98 Å². The Balaban J connectivity index is 2.20. The molecule has 2 aromatic rings. The molecule has 0 spiro atoms. The van der Waals surface area contributed by atoms with E-state index in [1.807, 2.05) is 0 Å². The highest BCUT2D eigenvalue weighted by molar-refractivity contribution is 6.22. The molecule has 21 heavy (non-hydrogen) atoms. The second-order valence-electron chi connectivity index (χ2n) is 6.08. The van der Waals surface area contributed by atoms with E-state index in [9.17, 15) is 0 Å². The Kier molecular flexibility index (Phi) is 3.32. The first-order chi connectivity index (χ1) is 10.0. The SMILES string of the molecule is CO/N=C1\c2cc(C(C)C)ccc2-c2[nH]c(C(C)C)nc21. The van der Waals surface area contributed by atoms with Crippen LogP contribution in [0.4, 0.5) is 0 Å². The van der Waals surface area contributed by atoms with Gasteiger partial charge < -0.3 is 9.82 Å². The lowest BCUT2D eigenvalue weighted by Crippen LogP contribution is -2.03. The summed E-state index contributed by atoms with van der Waals surface area (Å²) in [5.74, 6) is 1.83. The largest absolute Gasteiger partial charge is 0.399 e. The van der Waals surface area contributed by atoms with Crippen LogP contribution >= 0.6 is 0 Å². The third-order valence-corrected chi connectivity index (χ3v) is 3.91. The van der Waals surface area contributed by atoms with Gasteiger partial charge in [-0.1, -0.05) is 45.0 Å². The zero-order valence-corrected chi connectivity index (χ0v) is 13.2. The Morgan fingerprint density at radius 3 is 2.48 bits per heavy atom. The summed E-state index contributed by atoms with van der Waals surface area (Å²) in [5, 5.41) is 4.21. The Hall–Kier alpha value is -2.10. The number of H-pyrrole nitrogens is 1. The van der Waals surface area contributed by atoms with Crippen molar-refractivity contribution in [3.8, 4) is 11.3 Å². The number of oxime groups is 1. The molecule has 1 aliphatic carbocycles. The van der Waals surface area contributed by atoms with Crippen LogP contribution in [0.15, 0.2) is 23.4 Å². The third-order valence-electron chi connectivity index (χ3n) is 3.91. The van der Waals surface area contributed by atoms with Crippen molar-refractivity contribution in [3.05, 3.63) is 40.8 Å². The Morgan fingerprint density at radius 2 is 1.86 bits per heavy atom. The standard InChI is InChI=1S/C17H21N3O/c1-9(2)11-6-7-12-13(8-11)15(20-21-5)16-14(12)18-17(19-16)10(3)4/h6-10H,1-5H3,(H,18,19)/b20-15+. The maximum absolute atomic E-state index is 5.04. The number of aromatic amines is 1. The van der Waals surface area contributed by atoms with Crippen molar-refractivity contribution < 1.29 is 4.84 Å². The highest BCUT2D eigenvalue weighted by Gasteiger charge is 2.30. The highest BCUT2D eigenvalue weighted by Crippen LogP contribution is 2.37. The molecule has 0 amide bonds. The van der Waals surface area contributed by atoms with Gasteiger partial charge in [-0.2, -0.15) is 0 Å². The third kappa shape index (κ3) is 2.15. The fourth-order valence-electron chi connectivity index (χ4n) is 2.68. The van der Waals surface area contributed by atoms with Gasteiger partial charge in [0.25, 0.3) is 0 Å². The number of rotatable bonds is 3. The molecule has 1 heterocycles. The second kappa shape index (κ2) is 5.02. The van der Waals surface area contributed by atoms with Crippen molar-refractivity contribution >= 4 is 5.71 Å². The Morgan fingerprint density at radius 1 is 1.10 bits per heavy atom. The Labute approximate surface area is 125 Å². The minimum Gasteiger partial charge on any atom is -0.399 e. The van der Waals surface area contributed by atoms with E-state index in [1.165, 1.54) is 5.56 Å². The molecule has 1 aromatic carbocycles. The van der Waals surface area contributed by atoms with E-state index in [0.29, 0.717) is 11.8 Å². The molecule has 0 atom stereocenters. The van der Waals surface area contributed by atoms with Crippen LogP contribution < -0.4 is 0 Å². The number of fused-ring (bicyclic) bond motifs is 3. The summed E-state index contributed by atoms with van der Waals surface area (Å²) in [4.78, 5) is 13.2. The molecule has 0 fully saturated rings. The molecule has 0 saturated carbocycles. The predicted octanol–water partition coefficient (Wildman–Crippen LogP) is 4.04. The summed E-state index contributed by atoms with van der Waals surface area (Å²) in [5.41, 5.74) is 6.34. The fraction of sp³-hybridized carbons (Fsp3) is 0.412. The molecular formula is C17H21N3O. The van der Waals surface area contributed by atoms with Crippen LogP contribution in [0.1, 0.15) is 62.2 Å². The number of nitrogens with zero attached hydrogens (tertiary/aromatic N) is 2. The van der Waals surface area contributed by atoms with Gasteiger partial charge in [0, 0.05) is 17.0 Å². The fourth-order valence-corrected chi connectivity index (χ4v) is 2.68. The van der Waals surface area contributed by atoms with E-state index in [0.717, 1.165) is 34.1 Å². The lowest BCUT2D eigenvalue weighted by atomic mass is 9.97. The lowest BCUT2D eigenvalue weighted by molar-refractivity contribution is 0.214. The van der Waals surface area contributed by atoms with Gasteiger partial charge in [0.1, 0.15) is 24.3 Å². The zero-order valence-electron chi connectivity index (χ0n) is 13.2. The van der Waals surface area contributed by atoms with E-state index in [1.54, 1.807) is 7.11 Å². The lowest BCUT2D eigenvalue weighted by Gasteiger charge is -2.09. The molecule has 0 radical (unpaired) electrons. The second-order valence-corrected chi connectivity index (χ2v) is 6.08. The van der Waals surface area contributed by atoms with Gasteiger partial charge in [-0.3, -0.25) is 0 Å². The summed E-state index contributed by atoms with van der Waals surface area (Å²) in [6, 6.07) is 6.53. The molecular weight excluding hydrogens is 262 g/mol. The van der Waals surface area contributed by atoms with Gasteiger partial charge in [-0.05, 0) is 17.5 Å². The average Bonchev–Trinajstić information content (AvgIpc) is 2.98. The molecule has 0 aliphatic heterocycles. The first kappa shape index (κ1) is 13.9. The van der Waals surface area contributed by atoms with Crippen molar-refractivity contribution in [2.75, 3.05) is 7.11 Å². The van der Waals surface area contributed by atoms with Gasteiger partial charge >= 0.3 is 0 Å². The number of aromatic nitrogens is 2. The van der Waals surface area contributed by atoms with E-state index in [4.69, 9.17) is 9.82 Å². The number of hydrogen-bond acceptors (Lipinski definition) is 3. The molecule has 1 aromatic heterocycles. The molecule has 1 aliphatic rings. The van der Waals surface area contributed by atoms with Crippen molar-refractivity contribution in [1.82, 2.24) is 9.97 Å². The van der Waals surface area contributed by atoms with Gasteiger partial charge in [-0.15, -0.1) is 0 Å². The summed E-state index contributed by atoms with van der Waals surface area (Å²) < 4.78 is 0. The average molecular weight is 283 g/mol. The minimum absolute atomic E-state index is 0.359. The van der Waals surface area contributed by atoms with Crippen molar-refractivity contribution in [1.29, 1.82) is 0 Å². The molecule has 110 valence electrons. The topological polar surface area (TPSA) is 50.3 Å². The van der Waals surface area contributed by atoms with Crippen LogP contribution in [-0.2, 0) is 4.84 Å². The molecule has 4 heteroatoms. The quantitative estimate of drug-likeness (QED) is 0.738. The van der Waals surface area contributed by atoms with Crippen LogP contribution in [0, 0.1) is 0 Å². The van der Waals surface area contributed by atoms with E-state index in [2.05, 4.69) is 56.0 Å². The smallest absolute Gasteiger partial charge is 0.138 e. The van der Waals surface area contributed by atoms with Crippen molar-refractivity contribution in [3.63, 3.8) is 0 Å². The molecule has 3 rings (SSSR count). The van der Waals surface area contributed by atoms with E-state index in [-0.39, 0.29) is 0 Å². The monoisotopic (exact) mass is 283 g/mol. The summed E-state index contributed by atoms with van der Waals surface area (Å²) in [6.07, 6.45) is 0. The number of benzene rings is 1. The van der Waals surface area contributed by atoms with Crippen LogP contribution in [0.25, 0.3) is 11.3 Å². The van der Waals surface area contributed by atoms with Gasteiger partial charge in [0.15, 0.2) is 0 Å². The van der Waals surface area contributed by atoms with Crippen LogP contribution in [0.5, 0.6) is 0 Å². The van der Waals surface area contributed by atoms with Crippen LogP contribution in [0.3, 0.4) is 0 Å². The predicted molar refractivity (Wildman–Crippen MR) is 84.8 cm³/mol. The summed E-state index contributed by atoms with van der Waals surface area (Å²) >= 11 is 0. The van der Waals surface area contributed by atoms with Crippen molar-refractivity contribution in [2.45, 2.75) is 39.5 Å². The normalized spacial score (nSPS) is 14.9. The molecule has 1 N–H and O–H groups in total. The maximum atomic E-state index is 5.04. The maximum Gasteiger partial charge on any atom is 0.138 e. The van der Waals surface area contributed by atoms with E-state index < -0.39 is 0 Å². The summed E-state index contributed by atoms with van der Waals surface area (Å²) in [7, 11) is 1.58. The minimum atomic E-state index is 0.359.